The summed E-state index contributed by atoms with van der Waals surface area (Å²) in [5, 5.41) is 2.36. The van der Waals surface area contributed by atoms with E-state index in [-0.39, 0.29) is 11.9 Å². The van der Waals surface area contributed by atoms with Gasteiger partial charge in [0.25, 0.3) is 0 Å². The zero-order valence-corrected chi connectivity index (χ0v) is 11.1. The Morgan fingerprint density at radius 1 is 1.21 bits per heavy atom. The predicted molar refractivity (Wildman–Crippen MR) is 76.2 cm³/mol. The van der Waals surface area contributed by atoms with Crippen molar-refractivity contribution >= 4 is 16.6 Å². The standard InChI is InChI=1S/C17H18O2/c1-19-17(13-9-10-13)16(18)11-14-7-4-6-12-5-2-3-8-15(12)14/h2-8,13,17H,9-11H2,1H3. The lowest BCUT2D eigenvalue weighted by Crippen LogP contribution is -2.26. The van der Waals surface area contributed by atoms with Gasteiger partial charge in [-0.3, -0.25) is 4.79 Å². The first kappa shape index (κ1) is 12.4. The maximum absolute atomic E-state index is 12.3. The molecule has 2 aromatic carbocycles. The normalized spacial score (nSPS) is 16.5. The van der Waals surface area contributed by atoms with Crippen molar-refractivity contribution in [3.8, 4) is 0 Å². The van der Waals surface area contributed by atoms with E-state index >= 15 is 0 Å². The van der Waals surface area contributed by atoms with E-state index in [1.54, 1.807) is 7.11 Å². The van der Waals surface area contributed by atoms with Crippen LogP contribution in [0.1, 0.15) is 18.4 Å². The number of benzene rings is 2. The van der Waals surface area contributed by atoms with Crippen molar-refractivity contribution < 1.29 is 9.53 Å². The lowest BCUT2D eigenvalue weighted by Gasteiger charge is -2.14. The minimum absolute atomic E-state index is 0.209. The molecule has 1 saturated carbocycles. The quantitative estimate of drug-likeness (QED) is 0.817. The molecule has 0 bridgehead atoms. The van der Waals surface area contributed by atoms with E-state index < -0.39 is 0 Å². The number of Topliss-reactive ketones (excluding diaryl/α,β-unsaturated/α-hetero) is 1. The average Bonchev–Trinajstić information content (AvgIpc) is 3.25. The molecule has 1 fully saturated rings. The zero-order chi connectivity index (χ0) is 13.2. The van der Waals surface area contributed by atoms with E-state index in [0.29, 0.717) is 12.3 Å². The van der Waals surface area contributed by atoms with Gasteiger partial charge in [0.1, 0.15) is 6.10 Å². The van der Waals surface area contributed by atoms with Gasteiger partial charge in [-0.1, -0.05) is 42.5 Å². The third-order valence-corrected chi connectivity index (χ3v) is 3.87. The Morgan fingerprint density at radius 3 is 2.68 bits per heavy atom. The van der Waals surface area contributed by atoms with Gasteiger partial charge in [0.05, 0.1) is 0 Å². The Balaban J connectivity index is 1.86. The van der Waals surface area contributed by atoms with E-state index in [0.717, 1.165) is 18.4 Å². The Bertz CT molecular complexity index is 594. The first-order valence-electron chi connectivity index (χ1n) is 6.82. The number of methoxy groups -OCH3 is 1. The van der Waals surface area contributed by atoms with Gasteiger partial charge in [-0.15, -0.1) is 0 Å². The second-order valence-electron chi connectivity index (χ2n) is 5.28. The molecule has 0 aliphatic heterocycles. The van der Waals surface area contributed by atoms with Gasteiger partial charge in [-0.25, -0.2) is 0 Å². The molecule has 2 heteroatoms. The lowest BCUT2D eigenvalue weighted by atomic mass is 9.97. The van der Waals surface area contributed by atoms with Crippen LogP contribution in [0.5, 0.6) is 0 Å². The molecule has 1 unspecified atom stereocenters. The molecule has 0 heterocycles. The molecule has 0 saturated heterocycles. The summed E-state index contributed by atoms with van der Waals surface area (Å²) in [5.41, 5.74) is 1.10. The second kappa shape index (κ2) is 5.14. The molecule has 1 aliphatic carbocycles. The molecule has 98 valence electrons. The SMILES string of the molecule is COC(C(=O)Cc1cccc2ccccc12)C1CC1. The van der Waals surface area contributed by atoms with Gasteiger partial charge in [0.15, 0.2) is 5.78 Å². The van der Waals surface area contributed by atoms with Gasteiger partial charge in [0.2, 0.25) is 0 Å². The first-order chi connectivity index (χ1) is 9.29. The number of carbonyl (C=O) groups excluding carboxylic acids is 1. The maximum atomic E-state index is 12.3. The van der Waals surface area contributed by atoms with Crippen molar-refractivity contribution in [2.24, 2.45) is 5.92 Å². The highest BCUT2D eigenvalue weighted by molar-refractivity contribution is 5.92. The van der Waals surface area contributed by atoms with Gasteiger partial charge in [-0.05, 0) is 35.1 Å². The number of rotatable bonds is 5. The van der Waals surface area contributed by atoms with Crippen LogP contribution in [0.25, 0.3) is 10.8 Å². The summed E-state index contributed by atoms with van der Waals surface area (Å²) in [5.74, 6) is 0.661. The fourth-order valence-electron chi connectivity index (χ4n) is 2.72. The van der Waals surface area contributed by atoms with Crippen molar-refractivity contribution in [2.75, 3.05) is 7.11 Å². The van der Waals surface area contributed by atoms with E-state index in [2.05, 4.69) is 18.2 Å². The molecule has 0 amide bonds. The molecule has 0 radical (unpaired) electrons. The summed E-state index contributed by atoms with van der Waals surface area (Å²) in [4.78, 5) is 12.3. The molecule has 19 heavy (non-hydrogen) atoms. The molecule has 1 aliphatic rings. The lowest BCUT2D eigenvalue weighted by molar-refractivity contribution is -0.129. The average molecular weight is 254 g/mol. The Kier molecular flexibility index (Phi) is 3.34. The number of fused-ring (bicyclic) bond motifs is 1. The van der Waals surface area contributed by atoms with E-state index in [1.165, 1.54) is 10.8 Å². The van der Waals surface area contributed by atoms with Crippen molar-refractivity contribution in [2.45, 2.75) is 25.4 Å². The Labute approximate surface area is 113 Å². The maximum Gasteiger partial charge on any atom is 0.166 e. The molecule has 1 atom stereocenters. The van der Waals surface area contributed by atoms with Gasteiger partial charge in [-0.2, -0.15) is 0 Å². The molecule has 0 spiro atoms. The van der Waals surface area contributed by atoms with Crippen molar-refractivity contribution in [3.63, 3.8) is 0 Å². The van der Waals surface area contributed by atoms with Crippen LogP contribution >= 0.6 is 0 Å². The minimum atomic E-state index is -0.209. The summed E-state index contributed by atoms with van der Waals surface area (Å²) >= 11 is 0. The summed E-state index contributed by atoms with van der Waals surface area (Å²) < 4.78 is 5.37. The highest BCUT2D eigenvalue weighted by Gasteiger charge is 2.35. The van der Waals surface area contributed by atoms with E-state index in [4.69, 9.17) is 4.74 Å². The van der Waals surface area contributed by atoms with Crippen LogP contribution in [0.4, 0.5) is 0 Å². The van der Waals surface area contributed by atoms with Gasteiger partial charge >= 0.3 is 0 Å². The van der Waals surface area contributed by atoms with Crippen LogP contribution in [0.3, 0.4) is 0 Å². The van der Waals surface area contributed by atoms with Crippen LogP contribution in [0, 0.1) is 5.92 Å². The minimum Gasteiger partial charge on any atom is -0.373 e. The number of ketones is 1. The predicted octanol–water partition coefficient (Wildman–Crippen LogP) is 3.38. The third-order valence-electron chi connectivity index (χ3n) is 3.87. The number of hydrogen-bond donors (Lipinski definition) is 0. The smallest absolute Gasteiger partial charge is 0.166 e. The largest absolute Gasteiger partial charge is 0.373 e. The summed E-state index contributed by atoms with van der Waals surface area (Å²) in [6.45, 7) is 0. The molecule has 2 nitrogen and oxygen atoms in total. The monoisotopic (exact) mass is 254 g/mol. The molecular weight excluding hydrogens is 236 g/mol. The van der Waals surface area contributed by atoms with Gasteiger partial charge in [0, 0.05) is 13.5 Å². The van der Waals surface area contributed by atoms with Crippen LogP contribution in [0.15, 0.2) is 42.5 Å². The Hall–Kier alpha value is -1.67. The van der Waals surface area contributed by atoms with Crippen molar-refractivity contribution in [1.29, 1.82) is 0 Å². The molecule has 2 aromatic rings. The molecule has 0 aromatic heterocycles. The molecule has 0 N–H and O–H groups in total. The van der Waals surface area contributed by atoms with Gasteiger partial charge < -0.3 is 4.74 Å². The highest BCUT2D eigenvalue weighted by Crippen LogP contribution is 2.35. The fourth-order valence-corrected chi connectivity index (χ4v) is 2.72. The van der Waals surface area contributed by atoms with Crippen LogP contribution in [-0.4, -0.2) is 19.0 Å². The van der Waals surface area contributed by atoms with E-state index in [9.17, 15) is 4.79 Å². The molecule has 3 rings (SSSR count). The second-order valence-corrected chi connectivity index (χ2v) is 5.28. The fraction of sp³-hybridized carbons (Fsp3) is 0.353. The topological polar surface area (TPSA) is 26.3 Å². The number of hydrogen-bond acceptors (Lipinski definition) is 2. The van der Waals surface area contributed by atoms with Crippen LogP contribution in [0.2, 0.25) is 0 Å². The summed E-state index contributed by atoms with van der Waals surface area (Å²) in [6.07, 6.45) is 2.51. The van der Waals surface area contributed by atoms with Crippen molar-refractivity contribution in [3.05, 3.63) is 48.0 Å². The van der Waals surface area contributed by atoms with Crippen molar-refractivity contribution in [1.82, 2.24) is 0 Å². The Morgan fingerprint density at radius 2 is 1.95 bits per heavy atom. The number of carbonyl (C=O) groups is 1. The highest BCUT2D eigenvalue weighted by atomic mass is 16.5. The number of ether oxygens (including phenoxy) is 1. The summed E-state index contributed by atoms with van der Waals surface area (Å²) in [6, 6.07) is 14.3. The summed E-state index contributed by atoms with van der Waals surface area (Å²) in [7, 11) is 1.64. The van der Waals surface area contributed by atoms with Crippen LogP contribution in [-0.2, 0) is 16.0 Å². The van der Waals surface area contributed by atoms with E-state index in [1.807, 2.05) is 24.3 Å². The van der Waals surface area contributed by atoms with Crippen LogP contribution < -0.4 is 0 Å². The zero-order valence-electron chi connectivity index (χ0n) is 11.1. The molecular formula is C17H18O2. The first-order valence-corrected chi connectivity index (χ1v) is 6.82. The third kappa shape index (κ3) is 2.54.